The molecule has 14 heavy (non-hydrogen) atoms. The van der Waals surface area contributed by atoms with Gasteiger partial charge in [0, 0.05) is 18.5 Å². The number of nitrogens with two attached hydrogens (primary N) is 1. The van der Waals surface area contributed by atoms with Gasteiger partial charge in [0.2, 0.25) is 0 Å². The van der Waals surface area contributed by atoms with Crippen LogP contribution in [0.2, 0.25) is 0 Å². The number of halogens is 1. The minimum Gasteiger partial charge on any atom is -0.330 e. The summed E-state index contributed by atoms with van der Waals surface area (Å²) in [5.74, 6) is 1.48. The molecule has 1 aromatic rings. The van der Waals surface area contributed by atoms with Crippen molar-refractivity contribution in [3.05, 3.63) is 22.2 Å². The van der Waals surface area contributed by atoms with Crippen molar-refractivity contribution in [1.82, 2.24) is 9.97 Å². The average molecular weight is 258 g/mol. The van der Waals surface area contributed by atoms with Crippen LogP contribution in [-0.4, -0.2) is 16.5 Å². The average Bonchev–Trinajstić information content (AvgIpc) is 2.01. The van der Waals surface area contributed by atoms with Crippen LogP contribution in [0.15, 0.2) is 10.7 Å². The normalized spacial score (nSPS) is 10.9. The number of nitrogens with zero attached hydrogens (tertiary/aromatic N) is 2. The molecule has 0 aliphatic heterocycles. The SMILES string of the molecule is CC(C)Cc1nc(Br)cc(CCN)n1. The van der Waals surface area contributed by atoms with Gasteiger partial charge >= 0.3 is 0 Å². The number of aromatic nitrogens is 2. The lowest BCUT2D eigenvalue weighted by Gasteiger charge is -2.06. The molecule has 0 aliphatic carbocycles. The zero-order valence-electron chi connectivity index (χ0n) is 8.63. The van der Waals surface area contributed by atoms with E-state index in [1.54, 1.807) is 0 Å². The number of rotatable bonds is 4. The first-order chi connectivity index (χ1) is 6.61. The lowest BCUT2D eigenvalue weighted by atomic mass is 10.1. The fourth-order valence-electron chi connectivity index (χ4n) is 1.25. The van der Waals surface area contributed by atoms with Gasteiger partial charge in [0.15, 0.2) is 0 Å². The third-order valence-electron chi connectivity index (χ3n) is 1.79. The molecular weight excluding hydrogens is 242 g/mol. The van der Waals surface area contributed by atoms with Gasteiger partial charge in [0.25, 0.3) is 0 Å². The minimum atomic E-state index is 0.579. The van der Waals surface area contributed by atoms with Crippen LogP contribution in [0.25, 0.3) is 0 Å². The first kappa shape index (κ1) is 11.6. The Labute approximate surface area is 93.3 Å². The van der Waals surface area contributed by atoms with Crippen LogP contribution in [-0.2, 0) is 12.8 Å². The standard InChI is InChI=1S/C10H16BrN3/c1-7(2)5-10-13-8(3-4-12)6-9(11)14-10/h6-7H,3-5,12H2,1-2H3. The summed E-state index contributed by atoms with van der Waals surface area (Å²) < 4.78 is 0.853. The highest BCUT2D eigenvalue weighted by molar-refractivity contribution is 9.10. The Morgan fingerprint density at radius 3 is 2.71 bits per heavy atom. The van der Waals surface area contributed by atoms with Crippen LogP contribution >= 0.6 is 15.9 Å². The summed E-state index contributed by atoms with van der Waals surface area (Å²) >= 11 is 3.38. The van der Waals surface area contributed by atoms with Crippen molar-refractivity contribution in [3.8, 4) is 0 Å². The summed E-state index contributed by atoms with van der Waals surface area (Å²) in [5, 5.41) is 0. The van der Waals surface area contributed by atoms with Gasteiger partial charge in [-0.2, -0.15) is 0 Å². The maximum atomic E-state index is 5.49. The molecule has 1 heterocycles. The van der Waals surface area contributed by atoms with Gasteiger partial charge in [0.1, 0.15) is 10.4 Å². The van der Waals surface area contributed by atoms with Crippen molar-refractivity contribution in [2.24, 2.45) is 11.7 Å². The molecule has 0 fully saturated rings. The van der Waals surface area contributed by atoms with Crippen molar-refractivity contribution < 1.29 is 0 Å². The highest BCUT2D eigenvalue weighted by Gasteiger charge is 2.04. The van der Waals surface area contributed by atoms with E-state index >= 15 is 0 Å². The minimum absolute atomic E-state index is 0.579. The van der Waals surface area contributed by atoms with Gasteiger partial charge in [-0.1, -0.05) is 13.8 Å². The van der Waals surface area contributed by atoms with E-state index in [0.29, 0.717) is 12.5 Å². The van der Waals surface area contributed by atoms with Crippen molar-refractivity contribution in [2.75, 3.05) is 6.54 Å². The van der Waals surface area contributed by atoms with E-state index in [2.05, 4.69) is 39.7 Å². The van der Waals surface area contributed by atoms with E-state index in [-0.39, 0.29) is 0 Å². The molecule has 3 nitrogen and oxygen atoms in total. The molecule has 1 rings (SSSR count). The van der Waals surface area contributed by atoms with E-state index in [9.17, 15) is 0 Å². The maximum Gasteiger partial charge on any atom is 0.130 e. The zero-order chi connectivity index (χ0) is 10.6. The molecule has 0 saturated heterocycles. The molecule has 0 saturated carbocycles. The summed E-state index contributed by atoms with van der Waals surface area (Å²) in [4.78, 5) is 8.76. The fourth-order valence-corrected chi connectivity index (χ4v) is 1.72. The molecule has 0 amide bonds. The maximum absolute atomic E-state index is 5.49. The molecule has 0 unspecified atom stereocenters. The van der Waals surface area contributed by atoms with Crippen LogP contribution in [0.3, 0.4) is 0 Å². The van der Waals surface area contributed by atoms with E-state index in [0.717, 1.165) is 29.0 Å². The van der Waals surface area contributed by atoms with Gasteiger partial charge < -0.3 is 5.73 Å². The molecule has 4 heteroatoms. The molecule has 0 atom stereocenters. The Morgan fingerprint density at radius 2 is 2.14 bits per heavy atom. The molecular formula is C10H16BrN3. The van der Waals surface area contributed by atoms with Crippen molar-refractivity contribution in [1.29, 1.82) is 0 Å². The zero-order valence-corrected chi connectivity index (χ0v) is 10.2. The third kappa shape index (κ3) is 3.72. The van der Waals surface area contributed by atoms with Gasteiger partial charge in [-0.25, -0.2) is 9.97 Å². The van der Waals surface area contributed by atoms with Gasteiger partial charge in [0.05, 0.1) is 0 Å². The van der Waals surface area contributed by atoms with Crippen molar-refractivity contribution >= 4 is 15.9 Å². The molecule has 0 aromatic carbocycles. The second kappa shape index (κ2) is 5.41. The fraction of sp³-hybridized carbons (Fsp3) is 0.600. The predicted molar refractivity (Wildman–Crippen MR) is 61.0 cm³/mol. The monoisotopic (exact) mass is 257 g/mol. The van der Waals surface area contributed by atoms with Gasteiger partial charge in [-0.3, -0.25) is 0 Å². The van der Waals surface area contributed by atoms with E-state index in [1.807, 2.05) is 6.07 Å². The van der Waals surface area contributed by atoms with E-state index < -0.39 is 0 Å². The van der Waals surface area contributed by atoms with E-state index in [4.69, 9.17) is 5.73 Å². The summed E-state index contributed by atoms with van der Waals surface area (Å²) in [7, 11) is 0. The highest BCUT2D eigenvalue weighted by Crippen LogP contribution is 2.11. The number of hydrogen-bond donors (Lipinski definition) is 1. The molecule has 0 spiro atoms. The summed E-state index contributed by atoms with van der Waals surface area (Å²) in [6.45, 7) is 4.95. The lowest BCUT2D eigenvalue weighted by Crippen LogP contribution is -2.08. The Balaban J connectivity index is 2.83. The van der Waals surface area contributed by atoms with Crippen LogP contribution < -0.4 is 5.73 Å². The van der Waals surface area contributed by atoms with Crippen molar-refractivity contribution in [3.63, 3.8) is 0 Å². The molecule has 2 N–H and O–H groups in total. The van der Waals surface area contributed by atoms with Crippen LogP contribution in [0.1, 0.15) is 25.4 Å². The van der Waals surface area contributed by atoms with Crippen molar-refractivity contribution in [2.45, 2.75) is 26.7 Å². The molecule has 1 aromatic heterocycles. The van der Waals surface area contributed by atoms with Crippen LogP contribution in [0.4, 0.5) is 0 Å². The molecule has 78 valence electrons. The third-order valence-corrected chi connectivity index (χ3v) is 2.19. The summed E-state index contributed by atoms with van der Waals surface area (Å²) in [5.41, 5.74) is 6.50. The van der Waals surface area contributed by atoms with Crippen LogP contribution in [0, 0.1) is 5.92 Å². The topological polar surface area (TPSA) is 51.8 Å². The largest absolute Gasteiger partial charge is 0.330 e. The Kier molecular flexibility index (Phi) is 4.48. The highest BCUT2D eigenvalue weighted by atomic mass is 79.9. The summed E-state index contributed by atoms with van der Waals surface area (Å²) in [6, 6.07) is 1.93. The molecule has 0 aliphatic rings. The first-order valence-corrected chi connectivity index (χ1v) is 5.63. The number of hydrogen-bond acceptors (Lipinski definition) is 3. The Hall–Kier alpha value is -0.480. The molecule has 0 bridgehead atoms. The van der Waals surface area contributed by atoms with Gasteiger partial charge in [-0.15, -0.1) is 0 Å². The second-order valence-corrected chi connectivity index (χ2v) is 4.55. The predicted octanol–water partition coefficient (Wildman–Crippen LogP) is 1.94. The van der Waals surface area contributed by atoms with E-state index in [1.165, 1.54) is 0 Å². The quantitative estimate of drug-likeness (QED) is 0.839. The summed E-state index contributed by atoms with van der Waals surface area (Å²) in [6.07, 6.45) is 1.73. The smallest absolute Gasteiger partial charge is 0.130 e. The first-order valence-electron chi connectivity index (χ1n) is 4.84. The second-order valence-electron chi connectivity index (χ2n) is 3.73. The Morgan fingerprint density at radius 1 is 1.43 bits per heavy atom. The lowest BCUT2D eigenvalue weighted by molar-refractivity contribution is 0.615. The molecule has 0 radical (unpaired) electrons. The van der Waals surface area contributed by atoms with Crippen LogP contribution in [0.5, 0.6) is 0 Å². The van der Waals surface area contributed by atoms with Gasteiger partial charge in [-0.05, 0) is 34.5 Å². The Bertz CT molecular complexity index is 299.